The van der Waals surface area contributed by atoms with Gasteiger partial charge in [0, 0.05) is 19.0 Å². The molecule has 0 radical (unpaired) electrons. The number of carbonyl (C=O) groups excluding carboxylic acids is 2. The van der Waals surface area contributed by atoms with E-state index in [1.807, 2.05) is 0 Å². The van der Waals surface area contributed by atoms with Crippen LogP contribution in [0.2, 0.25) is 0 Å². The molecule has 6 heteroatoms. The van der Waals surface area contributed by atoms with Gasteiger partial charge in [0.05, 0.1) is 6.54 Å². The van der Waals surface area contributed by atoms with Crippen molar-refractivity contribution < 1.29 is 14.1 Å². The Morgan fingerprint density at radius 3 is 2.48 bits per heavy atom. The summed E-state index contributed by atoms with van der Waals surface area (Å²) in [4.78, 5) is 26.6. The van der Waals surface area contributed by atoms with Gasteiger partial charge in [-0.3, -0.25) is 9.59 Å². The quantitative estimate of drug-likeness (QED) is 0.731. The minimum absolute atomic E-state index is 0.0349. The van der Waals surface area contributed by atoms with Gasteiger partial charge in [0.2, 0.25) is 11.8 Å². The number of nitrogens with zero attached hydrogens (tertiary/aromatic N) is 2. The molecule has 142 valence electrons. The van der Waals surface area contributed by atoms with Gasteiger partial charge in [-0.2, -0.15) is 0 Å². The molecule has 0 saturated heterocycles. The smallest absolute Gasteiger partial charge is 0.245 e. The summed E-state index contributed by atoms with van der Waals surface area (Å²) >= 11 is 0. The Bertz CT molecular complexity index is 533. The first-order valence-electron chi connectivity index (χ1n) is 9.05. The van der Waals surface area contributed by atoms with Crippen LogP contribution < -0.4 is 5.32 Å². The molecule has 1 rings (SSSR count). The van der Waals surface area contributed by atoms with Gasteiger partial charge in [-0.05, 0) is 30.1 Å². The summed E-state index contributed by atoms with van der Waals surface area (Å²) in [7, 11) is 0. The average Bonchev–Trinajstić information content (AvgIpc) is 2.93. The van der Waals surface area contributed by atoms with Crippen LogP contribution in [0.1, 0.15) is 60.8 Å². The summed E-state index contributed by atoms with van der Waals surface area (Å²) in [6, 6.07) is 1.57. The summed E-state index contributed by atoms with van der Waals surface area (Å²) < 4.78 is 4.70. The van der Waals surface area contributed by atoms with E-state index < -0.39 is 0 Å². The molecule has 0 aliphatic carbocycles. The fourth-order valence-electron chi connectivity index (χ4n) is 2.88. The van der Waals surface area contributed by atoms with Crippen LogP contribution >= 0.6 is 0 Å². The third-order valence-electron chi connectivity index (χ3n) is 3.85. The molecular formula is C19H33N3O3. The van der Waals surface area contributed by atoms with Gasteiger partial charge in [-0.1, -0.05) is 46.7 Å². The van der Waals surface area contributed by atoms with Crippen LogP contribution in [0, 0.1) is 17.3 Å². The Morgan fingerprint density at radius 1 is 1.28 bits per heavy atom. The van der Waals surface area contributed by atoms with Gasteiger partial charge in [-0.15, -0.1) is 0 Å². The first-order chi connectivity index (χ1) is 11.6. The zero-order chi connectivity index (χ0) is 19.0. The minimum Gasteiger partial charge on any atom is -0.363 e. The highest BCUT2D eigenvalue weighted by molar-refractivity contribution is 5.93. The third kappa shape index (κ3) is 9.27. The lowest BCUT2D eigenvalue weighted by Crippen LogP contribution is -2.39. The molecule has 2 amide bonds. The lowest BCUT2D eigenvalue weighted by Gasteiger charge is -2.27. The van der Waals surface area contributed by atoms with Gasteiger partial charge in [0.15, 0.2) is 5.82 Å². The highest BCUT2D eigenvalue weighted by atomic mass is 16.5. The Hall–Kier alpha value is -1.85. The molecule has 0 spiro atoms. The molecule has 0 fully saturated rings. The van der Waals surface area contributed by atoms with Crippen molar-refractivity contribution in [1.29, 1.82) is 0 Å². The number of amides is 2. The van der Waals surface area contributed by atoms with Crippen LogP contribution in [-0.2, 0) is 9.59 Å². The fourth-order valence-corrected chi connectivity index (χ4v) is 2.88. The van der Waals surface area contributed by atoms with Gasteiger partial charge >= 0.3 is 0 Å². The maximum absolute atomic E-state index is 12.7. The van der Waals surface area contributed by atoms with E-state index in [1.165, 1.54) is 6.26 Å². The molecule has 1 aromatic heterocycles. The monoisotopic (exact) mass is 351 g/mol. The zero-order valence-corrected chi connectivity index (χ0v) is 16.5. The second-order valence-corrected chi connectivity index (χ2v) is 8.50. The van der Waals surface area contributed by atoms with E-state index in [4.69, 9.17) is 4.52 Å². The number of hydrogen-bond acceptors (Lipinski definition) is 4. The van der Waals surface area contributed by atoms with E-state index in [1.54, 1.807) is 11.0 Å². The van der Waals surface area contributed by atoms with Crippen molar-refractivity contribution in [3.05, 3.63) is 12.3 Å². The second-order valence-electron chi connectivity index (χ2n) is 8.50. The minimum atomic E-state index is -0.255. The predicted molar refractivity (Wildman–Crippen MR) is 99.0 cm³/mol. The second kappa shape index (κ2) is 9.59. The van der Waals surface area contributed by atoms with Gasteiger partial charge < -0.3 is 14.7 Å². The van der Waals surface area contributed by atoms with Crippen LogP contribution in [-0.4, -0.2) is 35.0 Å². The SMILES string of the molecule is CC(C)CCN(CC(=O)Nc1ccon1)C(=O)CC(C)CC(C)(C)C. The van der Waals surface area contributed by atoms with E-state index in [9.17, 15) is 9.59 Å². The summed E-state index contributed by atoms with van der Waals surface area (Å²) in [6.07, 6.45) is 3.70. The number of hydrogen-bond donors (Lipinski definition) is 1. The number of aromatic nitrogens is 1. The van der Waals surface area contributed by atoms with Crippen molar-refractivity contribution in [1.82, 2.24) is 10.1 Å². The predicted octanol–water partition coefficient (Wildman–Crippen LogP) is 3.95. The van der Waals surface area contributed by atoms with Crippen LogP contribution in [0.15, 0.2) is 16.9 Å². The van der Waals surface area contributed by atoms with Crippen LogP contribution in [0.3, 0.4) is 0 Å². The van der Waals surface area contributed by atoms with Crippen LogP contribution in [0.4, 0.5) is 5.82 Å². The lowest BCUT2D eigenvalue weighted by atomic mass is 9.84. The molecule has 1 unspecified atom stereocenters. The van der Waals surface area contributed by atoms with Crippen molar-refractivity contribution in [3.63, 3.8) is 0 Å². The van der Waals surface area contributed by atoms with Gasteiger partial charge in [0.1, 0.15) is 6.26 Å². The summed E-state index contributed by atoms with van der Waals surface area (Å²) in [5.74, 6) is 0.901. The van der Waals surface area contributed by atoms with E-state index in [2.05, 4.69) is 52.0 Å². The number of rotatable bonds is 9. The molecule has 1 heterocycles. The van der Waals surface area contributed by atoms with Gasteiger partial charge in [0.25, 0.3) is 0 Å². The van der Waals surface area contributed by atoms with E-state index in [0.29, 0.717) is 24.7 Å². The molecule has 0 aromatic carbocycles. The van der Waals surface area contributed by atoms with E-state index in [0.717, 1.165) is 12.8 Å². The fraction of sp³-hybridized carbons (Fsp3) is 0.737. The third-order valence-corrected chi connectivity index (χ3v) is 3.85. The normalized spacial score (nSPS) is 12.9. The molecule has 0 bridgehead atoms. The van der Waals surface area contributed by atoms with Crippen molar-refractivity contribution in [2.45, 2.75) is 60.8 Å². The van der Waals surface area contributed by atoms with Crippen LogP contribution in [0.25, 0.3) is 0 Å². The summed E-state index contributed by atoms with van der Waals surface area (Å²) in [6.45, 7) is 13.5. The lowest BCUT2D eigenvalue weighted by molar-refractivity contribution is -0.135. The molecule has 0 aliphatic heterocycles. The summed E-state index contributed by atoms with van der Waals surface area (Å²) in [5.41, 5.74) is 0.187. The first-order valence-corrected chi connectivity index (χ1v) is 9.05. The maximum atomic E-state index is 12.7. The molecular weight excluding hydrogens is 318 g/mol. The molecule has 1 atom stereocenters. The van der Waals surface area contributed by atoms with Crippen LogP contribution in [0.5, 0.6) is 0 Å². The number of anilines is 1. The zero-order valence-electron chi connectivity index (χ0n) is 16.5. The van der Waals surface area contributed by atoms with E-state index >= 15 is 0 Å². The molecule has 0 saturated carbocycles. The molecule has 0 aliphatic rings. The highest BCUT2D eigenvalue weighted by Crippen LogP contribution is 2.26. The van der Waals surface area contributed by atoms with Crippen molar-refractivity contribution in [3.8, 4) is 0 Å². The van der Waals surface area contributed by atoms with Gasteiger partial charge in [-0.25, -0.2) is 0 Å². The molecule has 6 nitrogen and oxygen atoms in total. The van der Waals surface area contributed by atoms with E-state index in [-0.39, 0.29) is 29.7 Å². The standard InChI is InChI=1S/C19H33N3O3/c1-14(2)7-9-22(13-17(23)20-16-8-10-25-21-16)18(24)11-15(3)12-19(4,5)6/h8,10,14-15H,7,9,11-13H2,1-6H3,(H,20,21,23). The molecule has 25 heavy (non-hydrogen) atoms. The molecule has 1 aromatic rings. The van der Waals surface area contributed by atoms with Crippen molar-refractivity contribution in [2.24, 2.45) is 17.3 Å². The Kier molecular flexibility index (Phi) is 8.13. The topological polar surface area (TPSA) is 75.4 Å². The first kappa shape index (κ1) is 21.2. The Labute approximate surface area is 151 Å². The largest absolute Gasteiger partial charge is 0.363 e. The van der Waals surface area contributed by atoms with Crippen molar-refractivity contribution in [2.75, 3.05) is 18.4 Å². The highest BCUT2D eigenvalue weighted by Gasteiger charge is 2.22. The maximum Gasteiger partial charge on any atom is 0.245 e. The molecule has 1 N–H and O–H groups in total. The Balaban J connectivity index is 2.64. The van der Waals surface area contributed by atoms with Crippen molar-refractivity contribution >= 4 is 17.6 Å². The number of nitrogens with one attached hydrogen (secondary N) is 1. The Morgan fingerprint density at radius 2 is 1.96 bits per heavy atom. The summed E-state index contributed by atoms with van der Waals surface area (Å²) in [5, 5.41) is 6.31. The number of carbonyl (C=O) groups is 2. The average molecular weight is 351 g/mol.